The third-order valence-electron chi connectivity index (χ3n) is 4.43. The number of carbonyl (C=O) groups is 1. The highest BCUT2D eigenvalue weighted by Crippen LogP contribution is 2.27. The van der Waals surface area contributed by atoms with E-state index in [-0.39, 0.29) is 5.91 Å². The van der Waals surface area contributed by atoms with Gasteiger partial charge in [0, 0.05) is 18.0 Å². The summed E-state index contributed by atoms with van der Waals surface area (Å²) in [6, 6.07) is 15.7. The largest absolute Gasteiger partial charge is 0.497 e. The van der Waals surface area contributed by atoms with Gasteiger partial charge in [-0.15, -0.1) is 0 Å². The minimum Gasteiger partial charge on any atom is -0.497 e. The highest BCUT2D eigenvalue weighted by Gasteiger charge is 2.10. The minimum absolute atomic E-state index is 0.0181. The number of benzene rings is 2. The summed E-state index contributed by atoms with van der Waals surface area (Å²) in [5.74, 6) is 1.88. The predicted octanol–water partition coefficient (Wildman–Crippen LogP) is 4.22. The molecule has 0 saturated carbocycles. The molecule has 2 aromatic carbocycles. The molecule has 0 saturated heterocycles. The maximum Gasteiger partial charge on any atom is 0.230 e. The van der Waals surface area contributed by atoms with E-state index >= 15 is 0 Å². The van der Waals surface area contributed by atoms with Crippen LogP contribution in [0.2, 0.25) is 0 Å². The molecule has 1 heterocycles. The van der Waals surface area contributed by atoms with Crippen LogP contribution in [0.1, 0.15) is 18.1 Å². The van der Waals surface area contributed by atoms with E-state index in [1.807, 2.05) is 42.5 Å². The molecule has 0 unspecified atom stereocenters. The van der Waals surface area contributed by atoms with Crippen LogP contribution in [0.3, 0.4) is 0 Å². The van der Waals surface area contributed by atoms with Gasteiger partial charge >= 0.3 is 0 Å². The van der Waals surface area contributed by atoms with E-state index in [4.69, 9.17) is 14.5 Å². The second-order valence-corrected chi connectivity index (χ2v) is 7.24. The monoisotopic (exact) mass is 396 g/mol. The third-order valence-corrected chi connectivity index (χ3v) is 5.47. The maximum absolute atomic E-state index is 12.3. The second-order valence-electron chi connectivity index (χ2n) is 6.28. The molecule has 3 rings (SSSR count). The molecule has 0 aliphatic heterocycles. The number of nitrogens with zero attached hydrogens (tertiary/aromatic N) is 1. The van der Waals surface area contributed by atoms with Gasteiger partial charge in [-0.25, -0.2) is 4.98 Å². The molecule has 0 spiro atoms. The van der Waals surface area contributed by atoms with Gasteiger partial charge in [-0.3, -0.25) is 4.79 Å². The molecule has 28 heavy (non-hydrogen) atoms. The summed E-state index contributed by atoms with van der Waals surface area (Å²) >= 11 is 1.47. The Balaban J connectivity index is 1.63. The summed E-state index contributed by atoms with van der Waals surface area (Å²) in [4.78, 5) is 17.0. The molecule has 1 aromatic heterocycles. The van der Waals surface area contributed by atoms with Gasteiger partial charge in [0.15, 0.2) is 0 Å². The van der Waals surface area contributed by atoms with Gasteiger partial charge in [0.1, 0.15) is 16.5 Å². The fourth-order valence-electron chi connectivity index (χ4n) is 2.81. The normalized spacial score (nSPS) is 10.7. The lowest BCUT2D eigenvalue weighted by atomic mass is 10.1. The molecular formula is C22H24N2O3S. The van der Waals surface area contributed by atoms with Gasteiger partial charge in [0.2, 0.25) is 5.91 Å². The van der Waals surface area contributed by atoms with Crippen LogP contribution in [0.15, 0.2) is 53.6 Å². The quantitative estimate of drug-likeness (QED) is 0.578. The van der Waals surface area contributed by atoms with Crippen LogP contribution in [0.25, 0.3) is 10.9 Å². The Morgan fingerprint density at radius 1 is 1.04 bits per heavy atom. The van der Waals surface area contributed by atoms with Gasteiger partial charge < -0.3 is 14.8 Å². The molecule has 0 atom stereocenters. The molecule has 6 heteroatoms. The molecule has 1 N–H and O–H groups in total. The lowest BCUT2D eigenvalue weighted by Gasteiger charge is -2.10. The zero-order chi connectivity index (χ0) is 19.9. The Morgan fingerprint density at radius 3 is 2.43 bits per heavy atom. The van der Waals surface area contributed by atoms with Crippen molar-refractivity contribution in [2.75, 3.05) is 20.0 Å². The Hall–Kier alpha value is -2.73. The smallest absolute Gasteiger partial charge is 0.230 e. The van der Waals surface area contributed by atoms with E-state index in [0.29, 0.717) is 12.3 Å². The average molecular weight is 397 g/mol. The fraction of sp³-hybridized carbons (Fsp3) is 0.273. The van der Waals surface area contributed by atoms with Crippen molar-refractivity contribution in [3.63, 3.8) is 0 Å². The first-order valence-corrected chi connectivity index (χ1v) is 10.1. The molecule has 1 amide bonds. The predicted molar refractivity (Wildman–Crippen MR) is 113 cm³/mol. The first-order valence-electron chi connectivity index (χ1n) is 9.13. The third kappa shape index (κ3) is 4.95. The SMILES string of the molecule is CCc1cc2ccc(OC)cc2nc1SCC(=O)NCc1ccc(OC)cc1. The van der Waals surface area contributed by atoms with E-state index in [0.717, 1.165) is 45.0 Å². The van der Waals surface area contributed by atoms with Crippen LogP contribution in [0.4, 0.5) is 0 Å². The van der Waals surface area contributed by atoms with Crippen LogP contribution in [-0.2, 0) is 17.8 Å². The number of hydrogen-bond donors (Lipinski definition) is 1. The average Bonchev–Trinajstić information content (AvgIpc) is 2.75. The number of aromatic nitrogens is 1. The van der Waals surface area contributed by atoms with E-state index in [2.05, 4.69) is 18.3 Å². The van der Waals surface area contributed by atoms with Crippen molar-refractivity contribution in [2.24, 2.45) is 0 Å². The van der Waals surface area contributed by atoms with Crippen LogP contribution in [-0.4, -0.2) is 30.9 Å². The van der Waals surface area contributed by atoms with Crippen molar-refractivity contribution in [3.05, 3.63) is 59.7 Å². The molecule has 5 nitrogen and oxygen atoms in total. The van der Waals surface area contributed by atoms with Gasteiger partial charge in [0.05, 0.1) is 25.5 Å². The molecular weight excluding hydrogens is 372 g/mol. The number of rotatable bonds is 8. The molecule has 0 aliphatic carbocycles. The zero-order valence-corrected chi connectivity index (χ0v) is 17.1. The van der Waals surface area contributed by atoms with Crippen LogP contribution in [0, 0.1) is 0 Å². The fourth-order valence-corrected chi connectivity index (χ4v) is 3.73. The number of hydrogen-bond acceptors (Lipinski definition) is 5. The van der Waals surface area contributed by atoms with E-state index in [9.17, 15) is 4.79 Å². The number of amides is 1. The van der Waals surface area contributed by atoms with E-state index in [1.54, 1.807) is 14.2 Å². The van der Waals surface area contributed by atoms with Gasteiger partial charge in [0.25, 0.3) is 0 Å². The van der Waals surface area contributed by atoms with Crippen molar-refractivity contribution < 1.29 is 14.3 Å². The topological polar surface area (TPSA) is 60.5 Å². The summed E-state index contributed by atoms with van der Waals surface area (Å²) < 4.78 is 10.4. The molecule has 146 valence electrons. The molecule has 0 bridgehead atoms. The van der Waals surface area contributed by atoms with Gasteiger partial charge in [-0.2, -0.15) is 0 Å². The molecule has 0 fully saturated rings. The van der Waals surface area contributed by atoms with Gasteiger partial charge in [-0.05, 0) is 47.9 Å². The number of fused-ring (bicyclic) bond motifs is 1. The highest BCUT2D eigenvalue weighted by atomic mass is 32.2. The number of nitrogens with one attached hydrogen (secondary N) is 1. The molecule has 0 radical (unpaired) electrons. The summed E-state index contributed by atoms with van der Waals surface area (Å²) in [6.45, 7) is 2.59. The second kappa shape index (κ2) is 9.46. The van der Waals surface area contributed by atoms with E-state index in [1.165, 1.54) is 11.8 Å². The zero-order valence-electron chi connectivity index (χ0n) is 16.3. The summed E-state index contributed by atoms with van der Waals surface area (Å²) in [6.07, 6.45) is 0.866. The summed E-state index contributed by atoms with van der Waals surface area (Å²) in [7, 11) is 3.28. The van der Waals surface area contributed by atoms with Crippen molar-refractivity contribution in [1.29, 1.82) is 0 Å². The number of aryl methyl sites for hydroxylation is 1. The lowest BCUT2D eigenvalue weighted by molar-refractivity contribution is -0.118. The Bertz CT molecular complexity index is 958. The number of ether oxygens (including phenoxy) is 2. The van der Waals surface area contributed by atoms with Crippen LogP contribution < -0.4 is 14.8 Å². The van der Waals surface area contributed by atoms with Crippen molar-refractivity contribution in [2.45, 2.75) is 24.9 Å². The standard InChI is InChI=1S/C22H24N2O3S/c1-4-16-11-17-7-10-19(27-3)12-20(17)24-22(16)28-14-21(25)23-13-15-5-8-18(26-2)9-6-15/h5-12H,4,13-14H2,1-3H3,(H,23,25). The Labute approximate surface area is 169 Å². The van der Waals surface area contributed by atoms with E-state index < -0.39 is 0 Å². The van der Waals surface area contributed by atoms with Crippen molar-refractivity contribution in [1.82, 2.24) is 10.3 Å². The Morgan fingerprint density at radius 2 is 1.75 bits per heavy atom. The number of carbonyl (C=O) groups excluding carboxylic acids is 1. The molecule has 3 aromatic rings. The van der Waals surface area contributed by atoms with Crippen molar-refractivity contribution in [3.8, 4) is 11.5 Å². The summed E-state index contributed by atoms with van der Waals surface area (Å²) in [5, 5.41) is 4.92. The number of pyridine rings is 1. The first-order chi connectivity index (χ1) is 13.6. The van der Waals surface area contributed by atoms with Crippen LogP contribution >= 0.6 is 11.8 Å². The van der Waals surface area contributed by atoms with Crippen LogP contribution in [0.5, 0.6) is 11.5 Å². The number of methoxy groups -OCH3 is 2. The molecule has 0 aliphatic rings. The van der Waals surface area contributed by atoms with Crippen molar-refractivity contribution >= 4 is 28.6 Å². The Kier molecular flexibility index (Phi) is 6.76. The maximum atomic E-state index is 12.3. The van der Waals surface area contributed by atoms with Gasteiger partial charge in [-0.1, -0.05) is 30.8 Å². The number of thioether (sulfide) groups is 1. The summed E-state index contributed by atoms with van der Waals surface area (Å²) in [5.41, 5.74) is 3.05. The minimum atomic E-state index is -0.0181. The highest BCUT2D eigenvalue weighted by molar-refractivity contribution is 7.99. The lowest BCUT2D eigenvalue weighted by Crippen LogP contribution is -2.24. The first kappa shape index (κ1) is 20.0.